The van der Waals surface area contributed by atoms with Gasteiger partial charge >= 0.3 is 0 Å². The average molecular weight is 207 g/mol. The van der Waals surface area contributed by atoms with Gasteiger partial charge in [-0.3, -0.25) is 14.6 Å². The number of morpholine rings is 1. The number of nitrogens with two attached hydrogens (primary N) is 1. The van der Waals surface area contributed by atoms with Crippen LogP contribution in [-0.4, -0.2) is 30.0 Å². The summed E-state index contributed by atoms with van der Waals surface area (Å²) in [5, 5.41) is 0. The molecule has 1 fully saturated rings. The molecule has 1 aromatic heterocycles. The zero-order chi connectivity index (χ0) is 10.8. The summed E-state index contributed by atoms with van der Waals surface area (Å²) in [6.07, 6.45) is 2.87. The van der Waals surface area contributed by atoms with E-state index in [2.05, 4.69) is 4.98 Å². The maximum atomic E-state index is 11.5. The van der Waals surface area contributed by atoms with Crippen LogP contribution in [0.15, 0.2) is 18.5 Å². The van der Waals surface area contributed by atoms with Gasteiger partial charge in [-0.2, -0.15) is 0 Å². The average Bonchev–Trinajstić information content (AvgIpc) is 2.20. The Morgan fingerprint density at radius 1 is 1.33 bits per heavy atom. The van der Waals surface area contributed by atoms with E-state index in [0.29, 0.717) is 11.4 Å². The first kappa shape index (κ1) is 9.60. The van der Waals surface area contributed by atoms with E-state index in [4.69, 9.17) is 10.5 Å². The second kappa shape index (κ2) is 3.66. The van der Waals surface area contributed by atoms with Gasteiger partial charge in [0.2, 0.25) is 0 Å². The molecule has 1 saturated heterocycles. The highest BCUT2D eigenvalue weighted by molar-refractivity contribution is 6.18. The molecule has 78 valence electrons. The fourth-order valence-corrected chi connectivity index (χ4v) is 1.37. The van der Waals surface area contributed by atoms with Crippen molar-refractivity contribution in [2.75, 3.05) is 23.8 Å². The Balaban J connectivity index is 2.40. The Morgan fingerprint density at radius 3 is 2.60 bits per heavy atom. The topological polar surface area (TPSA) is 85.5 Å². The molecule has 1 aliphatic heterocycles. The molecule has 1 aromatic rings. The monoisotopic (exact) mass is 207 g/mol. The summed E-state index contributed by atoms with van der Waals surface area (Å²) in [5.74, 6) is -0.826. The Hall–Kier alpha value is -1.95. The van der Waals surface area contributed by atoms with Crippen LogP contribution in [-0.2, 0) is 14.3 Å². The lowest BCUT2D eigenvalue weighted by molar-refractivity contribution is -0.138. The number of nitrogen functional groups attached to an aromatic ring is 1. The van der Waals surface area contributed by atoms with E-state index < -0.39 is 11.8 Å². The van der Waals surface area contributed by atoms with Gasteiger partial charge in [-0.25, -0.2) is 4.90 Å². The third-order valence-corrected chi connectivity index (χ3v) is 2.02. The molecule has 6 heteroatoms. The number of hydrogen-bond donors (Lipinski definition) is 1. The number of rotatable bonds is 1. The lowest BCUT2D eigenvalue weighted by Crippen LogP contribution is -2.46. The molecule has 0 saturated carbocycles. The molecule has 15 heavy (non-hydrogen) atoms. The molecule has 2 amide bonds. The molecule has 0 aromatic carbocycles. The largest absolute Gasteiger partial charge is 0.396 e. The number of aromatic nitrogens is 1. The van der Waals surface area contributed by atoms with Gasteiger partial charge in [0.1, 0.15) is 13.2 Å². The van der Waals surface area contributed by atoms with E-state index in [9.17, 15) is 9.59 Å². The normalized spacial score (nSPS) is 16.9. The summed E-state index contributed by atoms with van der Waals surface area (Å²) in [6, 6.07) is 1.52. The van der Waals surface area contributed by atoms with Gasteiger partial charge in [-0.05, 0) is 6.07 Å². The van der Waals surface area contributed by atoms with Gasteiger partial charge < -0.3 is 10.5 Å². The summed E-state index contributed by atoms with van der Waals surface area (Å²) >= 11 is 0. The fourth-order valence-electron chi connectivity index (χ4n) is 1.37. The van der Waals surface area contributed by atoms with Gasteiger partial charge in [0.25, 0.3) is 11.8 Å². The molecule has 0 atom stereocenters. The first-order chi connectivity index (χ1) is 7.20. The summed E-state index contributed by atoms with van der Waals surface area (Å²) in [4.78, 5) is 27.7. The number of carbonyl (C=O) groups excluding carboxylic acids is 2. The number of nitrogens with zero attached hydrogens (tertiary/aromatic N) is 2. The van der Waals surface area contributed by atoms with E-state index in [1.165, 1.54) is 18.5 Å². The highest BCUT2D eigenvalue weighted by Crippen LogP contribution is 2.23. The van der Waals surface area contributed by atoms with E-state index in [1.54, 1.807) is 0 Å². The van der Waals surface area contributed by atoms with Gasteiger partial charge in [0, 0.05) is 6.20 Å². The minimum Gasteiger partial charge on any atom is -0.396 e. The first-order valence-electron chi connectivity index (χ1n) is 4.33. The second-order valence-corrected chi connectivity index (χ2v) is 3.05. The highest BCUT2D eigenvalue weighted by Gasteiger charge is 2.29. The van der Waals surface area contributed by atoms with E-state index in [1.807, 2.05) is 0 Å². The Labute approximate surface area is 85.6 Å². The van der Waals surface area contributed by atoms with Gasteiger partial charge in [0.05, 0.1) is 17.6 Å². The summed E-state index contributed by atoms with van der Waals surface area (Å²) in [6.45, 7) is -0.207. The van der Waals surface area contributed by atoms with Crippen molar-refractivity contribution in [1.82, 2.24) is 4.98 Å². The van der Waals surface area contributed by atoms with Crippen LogP contribution >= 0.6 is 0 Å². The van der Waals surface area contributed by atoms with Crippen LogP contribution in [0.4, 0.5) is 11.4 Å². The maximum Gasteiger partial charge on any atom is 0.259 e. The van der Waals surface area contributed by atoms with Crippen molar-refractivity contribution >= 4 is 23.2 Å². The predicted molar refractivity (Wildman–Crippen MR) is 52.0 cm³/mol. The third kappa shape index (κ3) is 1.66. The molecule has 2 N–H and O–H groups in total. The Morgan fingerprint density at radius 2 is 2.00 bits per heavy atom. The molecule has 1 aliphatic rings. The van der Waals surface area contributed by atoms with Crippen LogP contribution < -0.4 is 10.6 Å². The molecule has 0 aliphatic carbocycles. The van der Waals surface area contributed by atoms with Crippen molar-refractivity contribution in [3.05, 3.63) is 18.5 Å². The van der Waals surface area contributed by atoms with Gasteiger partial charge in [-0.1, -0.05) is 0 Å². The first-order valence-corrected chi connectivity index (χ1v) is 4.33. The molecule has 0 bridgehead atoms. The number of hydrogen-bond acceptors (Lipinski definition) is 5. The minimum atomic E-state index is -0.413. The van der Waals surface area contributed by atoms with Crippen LogP contribution in [0.5, 0.6) is 0 Å². The van der Waals surface area contributed by atoms with Crippen molar-refractivity contribution in [2.45, 2.75) is 0 Å². The van der Waals surface area contributed by atoms with Crippen molar-refractivity contribution in [3.8, 4) is 0 Å². The Kier molecular flexibility index (Phi) is 2.34. The number of ether oxygens (including phenoxy) is 1. The zero-order valence-electron chi connectivity index (χ0n) is 7.84. The number of amides is 2. The van der Waals surface area contributed by atoms with Crippen LogP contribution in [0.1, 0.15) is 0 Å². The molecule has 0 unspecified atom stereocenters. The number of pyridine rings is 1. The van der Waals surface area contributed by atoms with Crippen LogP contribution in [0.2, 0.25) is 0 Å². The van der Waals surface area contributed by atoms with Crippen LogP contribution in [0.3, 0.4) is 0 Å². The lowest BCUT2D eigenvalue weighted by Gasteiger charge is -2.25. The van der Waals surface area contributed by atoms with E-state index in [-0.39, 0.29) is 13.2 Å². The SMILES string of the molecule is Nc1cnccc1N1C(=O)COCC1=O. The van der Waals surface area contributed by atoms with E-state index >= 15 is 0 Å². The van der Waals surface area contributed by atoms with Crippen molar-refractivity contribution in [1.29, 1.82) is 0 Å². The van der Waals surface area contributed by atoms with E-state index in [0.717, 1.165) is 4.90 Å². The molecule has 0 spiro atoms. The second-order valence-electron chi connectivity index (χ2n) is 3.05. The standard InChI is InChI=1S/C9H9N3O3/c10-6-3-11-2-1-7(6)12-8(13)4-15-5-9(12)14/h1-3H,4-5,10H2. The molecule has 2 heterocycles. The molecule has 0 radical (unpaired) electrons. The smallest absolute Gasteiger partial charge is 0.259 e. The summed E-state index contributed by atoms with van der Waals surface area (Å²) in [7, 11) is 0. The molecular weight excluding hydrogens is 198 g/mol. The number of carbonyl (C=O) groups is 2. The third-order valence-electron chi connectivity index (χ3n) is 2.02. The quantitative estimate of drug-likeness (QED) is 0.630. The van der Waals surface area contributed by atoms with Gasteiger partial charge in [0.15, 0.2) is 0 Å². The lowest BCUT2D eigenvalue weighted by atomic mass is 10.3. The zero-order valence-corrected chi connectivity index (χ0v) is 7.84. The summed E-state index contributed by atoms with van der Waals surface area (Å²) in [5.41, 5.74) is 6.28. The fraction of sp³-hybridized carbons (Fsp3) is 0.222. The molecule has 6 nitrogen and oxygen atoms in total. The summed E-state index contributed by atoms with van der Waals surface area (Å²) < 4.78 is 4.79. The van der Waals surface area contributed by atoms with Crippen molar-refractivity contribution < 1.29 is 14.3 Å². The number of imide groups is 1. The Bertz CT molecular complexity index is 403. The highest BCUT2D eigenvalue weighted by atomic mass is 16.5. The van der Waals surface area contributed by atoms with Crippen molar-refractivity contribution in [3.63, 3.8) is 0 Å². The van der Waals surface area contributed by atoms with Crippen molar-refractivity contribution in [2.24, 2.45) is 0 Å². The van der Waals surface area contributed by atoms with Gasteiger partial charge in [-0.15, -0.1) is 0 Å². The molecule has 2 rings (SSSR count). The molecular formula is C9H9N3O3. The number of anilines is 2. The van der Waals surface area contributed by atoms with Crippen LogP contribution in [0, 0.1) is 0 Å². The minimum absolute atomic E-state index is 0.104. The predicted octanol–water partition coefficient (Wildman–Crippen LogP) is -0.446. The maximum absolute atomic E-state index is 11.5. The van der Waals surface area contributed by atoms with Crippen LogP contribution in [0.25, 0.3) is 0 Å².